The third kappa shape index (κ3) is 3.52. The standard InChI is InChI=1S/C10H6ClF6NO/c11-6-3-5(1-2-7(6)12)4-18-8(19)9(13,14)10(15,16)17/h1-3H,4H2,(H,18,19). The van der Waals surface area contributed by atoms with E-state index in [0.29, 0.717) is 0 Å². The first-order valence-electron chi connectivity index (χ1n) is 4.72. The normalized spacial score (nSPS) is 12.4. The second-order valence-electron chi connectivity index (χ2n) is 3.50. The Hall–Kier alpha value is -1.44. The maximum absolute atomic E-state index is 12.8. The zero-order valence-corrected chi connectivity index (χ0v) is 9.75. The first-order valence-corrected chi connectivity index (χ1v) is 5.10. The van der Waals surface area contributed by atoms with Crippen molar-refractivity contribution < 1.29 is 31.1 Å². The molecule has 0 radical (unpaired) electrons. The molecule has 0 aliphatic rings. The van der Waals surface area contributed by atoms with Crippen molar-refractivity contribution in [1.29, 1.82) is 0 Å². The van der Waals surface area contributed by atoms with Crippen molar-refractivity contribution in [3.63, 3.8) is 0 Å². The van der Waals surface area contributed by atoms with Crippen molar-refractivity contribution in [3.05, 3.63) is 34.6 Å². The lowest BCUT2D eigenvalue weighted by molar-refractivity contribution is -0.269. The number of rotatable bonds is 3. The van der Waals surface area contributed by atoms with Gasteiger partial charge in [-0.3, -0.25) is 4.79 Å². The highest BCUT2D eigenvalue weighted by Crippen LogP contribution is 2.35. The fourth-order valence-corrected chi connectivity index (χ4v) is 1.27. The molecule has 0 aliphatic carbocycles. The summed E-state index contributed by atoms with van der Waals surface area (Å²) < 4.78 is 73.4. The second-order valence-corrected chi connectivity index (χ2v) is 3.91. The smallest absolute Gasteiger partial charge is 0.346 e. The van der Waals surface area contributed by atoms with Crippen LogP contribution in [0.5, 0.6) is 0 Å². The van der Waals surface area contributed by atoms with Crippen LogP contribution in [0.3, 0.4) is 0 Å². The van der Waals surface area contributed by atoms with E-state index in [-0.39, 0.29) is 10.6 Å². The molecule has 1 aromatic rings. The molecule has 0 atom stereocenters. The quantitative estimate of drug-likeness (QED) is 0.853. The van der Waals surface area contributed by atoms with E-state index >= 15 is 0 Å². The summed E-state index contributed by atoms with van der Waals surface area (Å²) in [6.45, 7) is -0.634. The fourth-order valence-electron chi connectivity index (χ4n) is 1.07. The molecule has 0 fully saturated rings. The van der Waals surface area contributed by atoms with Gasteiger partial charge in [0.1, 0.15) is 5.82 Å². The molecule has 1 N–H and O–H groups in total. The van der Waals surface area contributed by atoms with Gasteiger partial charge in [-0.15, -0.1) is 0 Å². The number of carbonyl (C=O) groups is 1. The minimum Gasteiger partial charge on any atom is -0.346 e. The number of hydrogen-bond acceptors (Lipinski definition) is 1. The van der Waals surface area contributed by atoms with Crippen molar-refractivity contribution in [2.24, 2.45) is 0 Å². The summed E-state index contributed by atoms with van der Waals surface area (Å²) >= 11 is 5.38. The van der Waals surface area contributed by atoms with Crippen LogP contribution in [0, 0.1) is 5.82 Å². The molecule has 0 spiro atoms. The third-order valence-electron chi connectivity index (χ3n) is 2.08. The lowest BCUT2D eigenvalue weighted by Crippen LogP contribution is -2.50. The van der Waals surface area contributed by atoms with Crippen LogP contribution >= 0.6 is 11.6 Å². The lowest BCUT2D eigenvalue weighted by atomic mass is 10.2. The van der Waals surface area contributed by atoms with Gasteiger partial charge in [-0.1, -0.05) is 17.7 Å². The Balaban J connectivity index is 2.72. The topological polar surface area (TPSA) is 29.1 Å². The van der Waals surface area contributed by atoms with Gasteiger partial charge in [0, 0.05) is 6.54 Å². The summed E-state index contributed by atoms with van der Waals surface area (Å²) in [4.78, 5) is 10.7. The number of carbonyl (C=O) groups excluding carboxylic acids is 1. The largest absolute Gasteiger partial charge is 0.463 e. The summed E-state index contributed by atoms with van der Waals surface area (Å²) in [5.41, 5.74) is 0.0812. The van der Waals surface area contributed by atoms with Crippen LogP contribution in [0.15, 0.2) is 18.2 Å². The molecular weight excluding hydrogens is 300 g/mol. The summed E-state index contributed by atoms with van der Waals surface area (Å²) in [6.07, 6.45) is -5.97. The predicted octanol–water partition coefficient (Wildman–Crippen LogP) is 3.29. The van der Waals surface area contributed by atoms with Crippen LogP contribution in [0.25, 0.3) is 0 Å². The van der Waals surface area contributed by atoms with E-state index in [9.17, 15) is 31.1 Å². The Morgan fingerprint density at radius 1 is 1.21 bits per heavy atom. The molecule has 2 nitrogen and oxygen atoms in total. The van der Waals surface area contributed by atoms with E-state index in [0.717, 1.165) is 18.2 Å². The summed E-state index contributed by atoms with van der Waals surface area (Å²) in [7, 11) is 0. The SMILES string of the molecule is O=C(NCc1ccc(F)c(Cl)c1)C(F)(F)C(F)(F)F. The molecule has 0 bridgehead atoms. The van der Waals surface area contributed by atoms with Crippen LogP contribution in [-0.4, -0.2) is 18.0 Å². The number of alkyl halides is 5. The maximum atomic E-state index is 12.8. The van der Waals surface area contributed by atoms with Gasteiger partial charge in [-0.2, -0.15) is 22.0 Å². The van der Waals surface area contributed by atoms with E-state index in [2.05, 4.69) is 0 Å². The van der Waals surface area contributed by atoms with Crippen molar-refractivity contribution in [2.75, 3.05) is 0 Å². The highest BCUT2D eigenvalue weighted by atomic mass is 35.5. The second kappa shape index (κ2) is 5.28. The third-order valence-corrected chi connectivity index (χ3v) is 2.37. The number of benzene rings is 1. The van der Waals surface area contributed by atoms with E-state index in [1.807, 2.05) is 0 Å². The molecule has 0 heterocycles. The number of amides is 1. The number of hydrogen-bond donors (Lipinski definition) is 1. The Morgan fingerprint density at radius 2 is 1.79 bits per heavy atom. The Labute approximate surface area is 108 Å². The summed E-state index contributed by atoms with van der Waals surface area (Å²) in [5.74, 6) is -8.76. The minimum atomic E-state index is -5.97. The van der Waals surface area contributed by atoms with E-state index in [1.165, 1.54) is 5.32 Å². The number of halogens is 7. The Kier molecular flexibility index (Phi) is 4.34. The molecule has 19 heavy (non-hydrogen) atoms. The van der Waals surface area contributed by atoms with E-state index in [1.54, 1.807) is 0 Å². The van der Waals surface area contributed by atoms with Crippen molar-refractivity contribution in [3.8, 4) is 0 Å². The first kappa shape index (κ1) is 15.6. The van der Waals surface area contributed by atoms with Crippen LogP contribution in [0.1, 0.15) is 5.56 Å². The Morgan fingerprint density at radius 3 is 2.26 bits per heavy atom. The average molecular weight is 306 g/mol. The molecule has 1 aromatic carbocycles. The summed E-state index contributed by atoms with van der Waals surface area (Å²) in [6, 6.07) is 2.99. The first-order chi connectivity index (χ1) is 8.55. The van der Waals surface area contributed by atoms with Gasteiger partial charge in [0.25, 0.3) is 0 Å². The van der Waals surface area contributed by atoms with E-state index < -0.39 is 30.4 Å². The van der Waals surface area contributed by atoms with Crippen LogP contribution < -0.4 is 5.32 Å². The maximum Gasteiger partial charge on any atom is 0.463 e. The molecular formula is C10H6ClF6NO. The highest BCUT2D eigenvalue weighted by Gasteiger charge is 2.63. The molecule has 0 unspecified atom stereocenters. The average Bonchev–Trinajstić information content (AvgIpc) is 2.28. The molecule has 0 saturated heterocycles. The zero-order valence-electron chi connectivity index (χ0n) is 8.99. The Bertz CT molecular complexity index is 487. The highest BCUT2D eigenvalue weighted by molar-refractivity contribution is 6.30. The van der Waals surface area contributed by atoms with E-state index in [4.69, 9.17) is 11.6 Å². The van der Waals surface area contributed by atoms with Gasteiger partial charge in [-0.25, -0.2) is 4.39 Å². The minimum absolute atomic E-state index is 0.0812. The van der Waals surface area contributed by atoms with Gasteiger partial charge in [0.2, 0.25) is 0 Å². The van der Waals surface area contributed by atoms with Gasteiger partial charge in [0.15, 0.2) is 0 Å². The van der Waals surface area contributed by atoms with Crippen LogP contribution in [0.4, 0.5) is 26.3 Å². The molecule has 9 heteroatoms. The molecule has 1 amide bonds. The number of nitrogens with one attached hydrogen (secondary N) is 1. The predicted molar refractivity (Wildman–Crippen MR) is 54.3 cm³/mol. The molecule has 0 aliphatic heterocycles. The summed E-state index contributed by atoms with van der Waals surface area (Å²) in [5, 5.41) is 1.06. The molecule has 106 valence electrons. The zero-order chi connectivity index (χ0) is 14.8. The van der Waals surface area contributed by atoms with Gasteiger partial charge in [0.05, 0.1) is 5.02 Å². The molecule has 0 aromatic heterocycles. The van der Waals surface area contributed by atoms with Crippen LogP contribution in [-0.2, 0) is 11.3 Å². The molecule has 0 saturated carbocycles. The van der Waals surface area contributed by atoms with Gasteiger partial charge < -0.3 is 5.32 Å². The fraction of sp³-hybridized carbons (Fsp3) is 0.300. The monoisotopic (exact) mass is 305 g/mol. The molecule has 1 rings (SSSR count). The van der Waals surface area contributed by atoms with Crippen molar-refractivity contribution in [1.82, 2.24) is 5.32 Å². The van der Waals surface area contributed by atoms with Crippen LogP contribution in [0.2, 0.25) is 5.02 Å². The van der Waals surface area contributed by atoms with Crippen molar-refractivity contribution >= 4 is 17.5 Å². The lowest BCUT2D eigenvalue weighted by Gasteiger charge is -2.18. The van der Waals surface area contributed by atoms with Crippen molar-refractivity contribution in [2.45, 2.75) is 18.6 Å². The van der Waals surface area contributed by atoms with Gasteiger partial charge >= 0.3 is 18.0 Å². The van der Waals surface area contributed by atoms with Gasteiger partial charge in [-0.05, 0) is 17.7 Å².